The van der Waals surface area contributed by atoms with Gasteiger partial charge < -0.3 is 14.6 Å². The Kier molecular flexibility index (Phi) is 3.44. The number of methoxy groups -OCH3 is 1. The Morgan fingerprint density at radius 1 is 1.24 bits per heavy atom. The van der Waals surface area contributed by atoms with Gasteiger partial charge in [0.1, 0.15) is 17.1 Å². The molecule has 3 heteroatoms. The lowest BCUT2D eigenvalue weighted by atomic mass is 9.63. The van der Waals surface area contributed by atoms with Gasteiger partial charge in [0, 0.05) is 12.0 Å². The average molecular weight is 290 g/mol. The fourth-order valence-corrected chi connectivity index (χ4v) is 4.64. The summed E-state index contributed by atoms with van der Waals surface area (Å²) in [5.41, 5.74) is 0.903. The molecule has 2 aliphatic rings. The van der Waals surface area contributed by atoms with E-state index in [1.807, 2.05) is 18.2 Å². The highest BCUT2D eigenvalue weighted by Gasteiger charge is 2.48. The Hall–Kier alpha value is -1.22. The number of ether oxygens (including phenoxy) is 2. The second-order valence-corrected chi connectivity index (χ2v) is 7.76. The van der Waals surface area contributed by atoms with Crippen molar-refractivity contribution in [2.75, 3.05) is 7.11 Å². The van der Waals surface area contributed by atoms with E-state index < -0.39 is 6.10 Å². The Morgan fingerprint density at radius 2 is 2.00 bits per heavy atom. The van der Waals surface area contributed by atoms with Gasteiger partial charge >= 0.3 is 0 Å². The molecule has 1 heterocycles. The molecular weight excluding hydrogens is 264 g/mol. The van der Waals surface area contributed by atoms with Crippen LogP contribution in [0.5, 0.6) is 11.5 Å². The Labute approximate surface area is 127 Å². The van der Waals surface area contributed by atoms with Crippen molar-refractivity contribution in [3.63, 3.8) is 0 Å². The summed E-state index contributed by atoms with van der Waals surface area (Å²) < 4.78 is 11.7. The monoisotopic (exact) mass is 290 g/mol. The molecule has 3 nitrogen and oxygen atoms in total. The maximum atomic E-state index is 10.6. The van der Waals surface area contributed by atoms with Gasteiger partial charge in [-0.15, -0.1) is 0 Å². The lowest BCUT2D eigenvalue weighted by Gasteiger charge is -2.50. The molecule has 1 spiro atoms. The minimum Gasteiger partial charge on any atom is -0.497 e. The van der Waals surface area contributed by atoms with E-state index in [4.69, 9.17) is 9.47 Å². The third kappa shape index (κ3) is 2.76. The first-order valence-corrected chi connectivity index (χ1v) is 7.88. The van der Waals surface area contributed by atoms with Gasteiger partial charge in [-0.3, -0.25) is 0 Å². The van der Waals surface area contributed by atoms with E-state index in [-0.39, 0.29) is 11.0 Å². The summed E-state index contributed by atoms with van der Waals surface area (Å²) in [6, 6.07) is 5.73. The van der Waals surface area contributed by atoms with Crippen molar-refractivity contribution in [2.24, 2.45) is 11.3 Å². The molecule has 1 fully saturated rings. The first kappa shape index (κ1) is 14.7. The minimum atomic E-state index is -0.468. The Balaban J connectivity index is 1.94. The third-order valence-corrected chi connectivity index (χ3v) is 4.89. The molecule has 2 unspecified atom stereocenters. The summed E-state index contributed by atoms with van der Waals surface area (Å²) >= 11 is 0. The maximum absolute atomic E-state index is 10.6. The lowest BCUT2D eigenvalue weighted by molar-refractivity contribution is -0.0822. The third-order valence-electron chi connectivity index (χ3n) is 4.89. The zero-order chi connectivity index (χ0) is 15.3. The standard InChI is InChI=1S/C18H26O3/c1-12-8-17(2,3)11-18(9-12)10-15(19)14-7-13(20-4)5-6-16(14)21-18/h5-7,12,15,19H,8-11H2,1-4H3/t12?,15-,18?/m0/s1. The van der Waals surface area contributed by atoms with Gasteiger partial charge in [0.15, 0.2) is 0 Å². The molecule has 3 atom stereocenters. The van der Waals surface area contributed by atoms with E-state index in [1.165, 1.54) is 6.42 Å². The van der Waals surface area contributed by atoms with E-state index >= 15 is 0 Å². The van der Waals surface area contributed by atoms with Crippen LogP contribution in [0, 0.1) is 11.3 Å². The fraction of sp³-hybridized carbons (Fsp3) is 0.667. The summed E-state index contributed by atoms with van der Waals surface area (Å²) in [5.74, 6) is 2.21. The Bertz CT molecular complexity index is 537. The second kappa shape index (κ2) is 4.91. The molecule has 1 aromatic carbocycles. The smallest absolute Gasteiger partial charge is 0.126 e. The molecule has 1 saturated carbocycles. The van der Waals surface area contributed by atoms with Crippen molar-refractivity contribution >= 4 is 0 Å². The second-order valence-electron chi connectivity index (χ2n) is 7.76. The van der Waals surface area contributed by atoms with Gasteiger partial charge in [-0.2, -0.15) is 0 Å². The Morgan fingerprint density at radius 3 is 2.67 bits per heavy atom. The number of aliphatic hydroxyl groups is 1. The van der Waals surface area contributed by atoms with Gasteiger partial charge in [-0.1, -0.05) is 20.8 Å². The highest BCUT2D eigenvalue weighted by Crippen LogP contribution is 2.52. The predicted octanol–water partition coefficient (Wildman–Crippen LogP) is 4.10. The normalized spacial score (nSPS) is 34.1. The predicted molar refractivity (Wildman–Crippen MR) is 82.7 cm³/mol. The summed E-state index contributed by atoms with van der Waals surface area (Å²) in [4.78, 5) is 0. The molecule has 0 radical (unpaired) electrons. The van der Waals surface area contributed by atoms with Gasteiger partial charge in [0.05, 0.1) is 13.2 Å². The molecule has 1 aromatic rings. The van der Waals surface area contributed by atoms with E-state index in [0.717, 1.165) is 29.9 Å². The number of fused-ring (bicyclic) bond motifs is 1. The van der Waals surface area contributed by atoms with Gasteiger partial charge in [0.2, 0.25) is 0 Å². The summed E-state index contributed by atoms with van der Waals surface area (Å²) in [5, 5.41) is 10.6. The molecule has 1 aliphatic carbocycles. The summed E-state index contributed by atoms with van der Waals surface area (Å²) in [6.45, 7) is 6.91. The fourth-order valence-electron chi connectivity index (χ4n) is 4.64. The highest BCUT2D eigenvalue weighted by molar-refractivity contribution is 5.43. The molecule has 21 heavy (non-hydrogen) atoms. The molecule has 0 bridgehead atoms. The molecule has 1 N–H and O–H groups in total. The quantitative estimate of drug-likeness (QED) is 0.846. The average Bonchev–Trinajstić information content (AvgIpc) is 2.35. The number of hydrogen-bond donors (Lipinski definition) is 1. The van der Waals surface area contributed by atoms with Crippen LogP contribution in [0.4, 0.5) is 0 Å². The molecule has 3 rings (SSSR count). The van der Waals surface area contributed by atoms with Crippen LogP contribution in [0.1, 0.15) is 58.1 Å². The van der Waals surface area contributed by atoms with Crippen LogP contribution in [-0.2, 0) is 0 Å². The lowest BCUT2D eigenvalue weighted by Crippen LogP contribution is -2.49. The molecular formula is C18H26O3. The van der Waals surface area contributed by atoms with E-state index in [0.29, 0.717) is 12.3 Å². The van der Waals surface area contributed by atoms with Crippen molar-refractivity contribution in [1.82, 2.24) is 0 Å². The van der Waals surface area contributed by atoms with Crippen LogP contribution >= 0.6 is 0 Å². The maximum Gasteiger partial charge on any atom is 0.126 e. The highest BCUT2D eigenvalue weighted by atomic mass is 16.5. The van der Waals surface area contributed by atoms with Crippen LogP contribution in [0.15, 0.2) is 18.2 Å². The number of aliphatic hydroxyl groups excluding tert-OH is 1. The number of benzene rings is 1. The largest absolute Gasteiger partial charge is 0.497 e. The summed E-state index contributed by atoms with van der Waals surface area (Å²) in [6.07, 6.45) is 3.47. The van der Waals surface area contributed by atoms with Gasteiger partial charge in [0.25, 0.3) is 0 Å². The van der Waals surface area contributed by atoms with Crippen LogP contribution in [0.3, 0.4) is 0 Å². The van der Waals surface area contributed by atoms with Crippen molar-refractivity contribution in [2.45, 2.75) is 58.2 Å². The molecule has 0 aromatic heterocycles. The molecule has 116 valence electrons. The molecule has 0 amide bonds. The molecule has 1 aliphatic heterocycles. The van der Waals surface area contributed by atoms with Crippen molar-refractivity contribution in [3.05, 3.63) is 23.8 Å². The first-order valence-electron chi connectivity index (χ1n) is 7.88. The SMILES string of the molecule is COc1ccc2c(c1)[C@@H](O)CC1(CC(C)CC(C)(C)C1)O2. The van der Waals surface area contributed by atoms with Gasteiger partial charge in [-0.25, -0.2) is 0 Å². The van der Waals surface area contributed by atoms with Crippen LogP contribution in [0.2, 0.25) is 0 Å². The minimum absolute atomic E-state index is 0.220. The van der Waals surface area contributed by atoms with Crippen LogP contribution in [-0.4, -0.2) is 17.8 Å². The topological polar surface area (TPSA) is 38.7 Å². The number of hydrogen-bond acceptors (Lipinski definition) is 3. The van der Waals surface area contributed by atoms with E-state index in [1.54, 1.807) is 7.11 Å². The zero-order valence-corrected chi connectivity index (χ0v) is 13.5. The van der Waals surface area contributed by atoms with Crippen LogP contribution < -0.4 is 9.47 Å². The van der Waals surface area contributed by atoms with E-state index in [9.17, 15) is 5.11 Å². The van der Waals surface area contributed by atoms with Crippen molar-refractivity contribution < 1.29 is 14.6 Å². The number of rotatable bonds is 1. The molecule has 0 saturated heterocycles. The van der Waals surface area contributed by atoms with E-state index in [2.05, 4.69) is 20.8 Å². The van der Waals surface area contributed by atoms with Gasteiger partial charge in [-0.05, 0) is 48.8 Å². The first-order chi connectivity index (χ1) is 9.82. The zero-order valence-electron chi connectivity index (χ0n) is 13.5. The van der Waals surface area contributed by atoms with Crippen molar-refractivity contribution in [1.29, 1.82) is 0 Å². The van der Waals surface area contributed by atoms with Crippen LogP contribution in [0.25, 0.3) is 0 Å². The summed E-state index contributed by atoms with van der Waals surface area (Å²) in [7, 11) is 1.64. The van der Waals surface area contributed by atoms with Crippen molar-refractivity contribution in [3.8, 4) is 11.5 Å².